The summed E-state index contributed by atoms with van der Waals surface area (Å²) >= 11 is 0. The number of nitriles is 2. The Balaban J connectivity index is 1.36. The number of fused-ring (bicyclic) bond motifs is 1. The van der Waals surface area contributed by atoms with E-state index in [4.69, 9.17) is 5.26 Å². The van der Waals surface area contributed by atoms with E-state index in [0.717, 1.165) is 19.4 Å². The van der Waals surface area contributed by atoms with E-state index in [1.807, 2.05) is 11.0 Å². The third-order valence-corrected chi connectivity index (χ3v) is 5.71. The maximum absolute atomic E-state index is 14.5. The number of aromatic nitrogens is 4. The molecular weight excluding hydrogens is 419 g/mol. The molecule has 0 radical (unpaired) electrons. The van der Waals surface area contributed by atoms with Crippen molar-refractivity contribution < 1.29 is 4.39 Å². The molecule has 162 valence electrons. The van der Waals surface area contributed by atoms with E-state index in [1.54, 1.807) is 53.3 Å². The summed E-state index contributed by atoms with van der Waals surface area (Å²) in [5, 5.41) is 21.6. The number of rotatable bonds is 4. The molecule has 1 fully saturated rings. The third-order valence-electron chi connectivity index (χ3n) is 5.71. The molecule has 1 N–H and O–H groups in total. The Labute approximate surface area is 189 Å². The molecular formula is C24H19FN8. The fourth-order valence-corrected chi connectivity index (χ4v) is 4.13. The first-order valence-corrected chi connectivity index (χ1v) is 10.6. The molecule has 0 bridgehead atoms. The molecule has 0 unspecified atom stereocenters. The first kappa shape index (κ1) is 20.4. The van der Waals surface area contributed by atoms with Crippen molar-refractivity contribution in [2.75, 3.05) is 23.3 Å². The van der Waals surface area contributed by atoms with Gasteiger partial charge >= 0.3 is 0 Å². The summed E-state index contributed by atoms with van der Waals surface area (Å²) in [6.07, 6.45) is 6.91. The van der Waals surface area contributed by atoms with Gasteiger partial charge in [0.25, 0.3) is 0 Å². The molecule has 4 aromatic rings. The summed E-state index contributed by atoms with van der Waals surface area (Å²) < 4.78 is 16.3. The first-order valence-electron chi connectivity index (χ1n) is 10.6. The smallest absolute Gasteiger partial charge is 0.180 e. The van der Waals surface area contributed by atoms with Gasteiger partial charge in [-0.05, 0) is 49.2 Å². The number of benzene rings is 1. The molecule has 9 heteroatoms. The van der Waals surface area contributed by atoms with Crippen molar-refractivity contribution in [3.05, 3.63) is 71.9 Å². The Morgan fingerprint density at radius 3 is 2.73 bits per heavy atom. The molecule has 1 aromatic carbocycles. The number of nitrogens with one attached hydrogen (secondary N) is 1. The Morgan fingerprint density at radius 2 is 1.91 bits per heavy atom. The zero-order valence-corrected chi connectivity index (χ0v) is 17.6. The second kappa shape index (κ2) is 8.56. The van der Waals surface area contributed by atoms with Crippen LogP contribution in [-0.4, -0.2) is 38.5 Å². The minimum atomic E-state index is -0.386. The van der Waals surface area contributed by atoms with E-state index in [1.165, 1.54) is 6.07 Å². The number of pyridine rings is 1. The maximum Gasteiger partial charge on any atom is 0.180 e. The summed E-state index contributed by atoms with van der Waals surface area (Å²) in [6.45, 7) is 1.36. The van der Waals surface area contributed by atoms with Gasteiger partial charge in [-0.1, -0.05) is 0 Å². The highest BCUT2D eigenvalue weighted by molar-refractivity contribution is 5.59. The summed E-state index contributed by atoms with van der Waals surface area (Å²) in [5.41, 5.74) is 2.73. The standard InChI is InChI=1S/C24H19FN8/c25-19-10-16(11-26)3-5-20(19)32-9-1-2-18(15-32)30-22-7-8-28-24(31-22)21-13-29-23-6-4-17(12-27)14-33(21)23/h3-8,10,13-14,18H,1-2,9,15H2,(H,28,30,31)/t18-/m1/s1. The molecule has 0 aliphatic carbocycles. The number of imidazole rings is 1. The van der Waals surface area contributed by atoms with E-state index < -0.39 is 0 Å². The monoisotopic (exact) mass is 438 g/mol. The highest BCUT2D eigenvalue weighted by Gasteiger charge is 2.23. The van der Waals surface area contributed by atoms with Gasteiger partial charge in [-0.15, -0.1) is 0 Å². The molecule has 0 spiro atoms. The lowest BCUT2D eigenvalue weighted by Gasteiger charge is -2.35. The number of hydrogen-bond acceptors (Lipinski definition) is 7. The van der Waals surface area contributed by atoms with Gasteiger partial charge in [0.1, 0.15) is 29.0 Å². The maximum atomic E-state index is 14.5. The second-order valence-electron chi connectivity index (χ2n) is 7.87. The molecule has 0 amide bonds. The van der Waals surface area contributed by atoms with Crippen LogP contribution in [0.5, 0.6) is 0 Å². The predicted molar refractivity (Wildman–Crippen MR) is 121 cm³/mol. The number of hydrogen-bond donors (Lipinski definition) is 1. The highest BCUT2D eigenvalue weighted by atomic mass is 19.1. The van der Waals surface area contributed by atoms with Crippen molar-refractivity contribution in [3.63, 3.8) is 0 Å². The fraction of sp³-hybridized carbons (Fsp3) is 0.208. The van der Waals surface area contributed by atoms with E-state index in [0.29, 0.717) is 46.3 Å². The topological polar surface area (TPSA) is 106 Å². The molecule has 33 heavy (non-hydrogen) atoms. The van der Waals surface area contributed by atoms with Gasteiger partial charge in [-0.3, -0.25) is 4.40 Å². The van der Waals surface area contributed by atoms with Crippen molar-refractivity contribution in [3.8, 4) is 23.7 Å². The first-order chi connectivity index (χ1) is 16.1. The number of anilines is 2. The third kappa shape index (κ3) is 4.04. The second-order valence-corrected chi connectivity index (χ2v) is 7.87. The minimum Gasteiger partial charge on any atom is -0.367 e. The van der Waals surface area contributed by atoms with Crippen LogP contribution in [0.15, 0.2) is 55.0 Å². The molecule has 1 aliphatic heterocycles. The van der Waals surface area contributed by atoms with Crippen molar-refractivity contribution in [1.82, 2.24) is 19.4 Å². The molecule has 4 heterocycles. The van der Waals surface area contributed by atoms with Crippen molar-refractivity contribution in [2.24, 2.45) is 0 Å². The van der Waals surface area contributed by atoms with E-state index in [9.17, 15) is 9.65 Å². The Morgan fingerprint density at radius 1 is 1.06 bits per heavy atom. The van der Waals surface area contributed by atoms with Crippen molar-refractivity contribution in [2.45, 2.75) is 18.9 Å². The number of piperidine rings is 1. The SMILES string of the molecule is N#Cc1ccc(N2CCC[C@@H](Nc3ccnc(-c4cnc5ccc(C#N)cn45)n3)C2)c(F)c1. The van der Waals surface area contributed by atoms with Crippen LogP contribution < -0.4 is 10.2 Å². The summed E-state index contributed by atoms with van der Waals surface area (Å²) in [5.74, 6) is 0.773. The Kier molecular flexibility index (Phi) is 5.29. The zero-order chi connectivity index (χ0) is 22.8. The average Bonchev–Trinajstić information content (AvgIpc) is 3.27. The normalized spacial score (nSPS) is 15.7. The fourth-order valence-electron chi connectivity index (χ4n) is 4.13. The lowest BCUT2D eigenvalue weighted by molar-refractivity contribution is 0.518. The van der Waals surface area contributed by atoms with Gasteiger partial charge in [0.15, 0.2) is 5.82 Å². The van der Waals surface area contributed by atoms with Crippen molar-refractivity contribution in [1.29, 1.82) is 10.5 Å². The molecule has 0 saturated carbocycles. The molecule has 1 atom stereocenters. The Bertz CT molecular complexity index is 1410. The molecule has 5 rings (SSSR count). The highest BCUT2D eigenvalue weighted by Crippen LogP contribution is 2.26. The van der Waals surface area contributed by atoms with Crippen LogP contribution in [0.4, 0.5) is 15.9 Å². The summed E-state index contributed by atoms with van der Waals surface area (Å²) in [4.78, 5) is 15.4. The van der Waals surface area contributed by atoms with E-state index in [2.05, 4.69) is 26.3 Å². The van der Waals surface area contributed by atoms with Gasteiger partial charge in [-0.2, -0.15) is 10.5 Å². The van der Waals surface area contributed by atoms with Gasteiger partial charge < -0.3 is 10.2 Å². The molecule has 1 saturated heterocycles. The number of halogens is 1. The molecule has 1 aliphatic rings. The average molecular weight is 438 g/mol. The van der Waals surface area contributed by atoms with Crippen LogP contribution in [0.1, 0.15) is 24.0 Å². The van der Waals surface area contributed by atoms with Crippen LogP contribution in [-0.2, 0) is 0 Å². The minimum absolute atomic E-state index is 0.0731. The van der Waals surface area contributed by atoms with E-state index >= 15 is 0 Å². The van der Waals surface area contributed by atoms with Crippen LogP contribution in [0, 0.1) is 28.5 Å². The summed E-state index contributed by atoms with van der Waals surface area (Å²) in [7, 11) is 0. The molecule has 8 nitrogen and oxygen atoms in total. The van der Waals surface area contributed by atoms with Gasteiger partial charge in [0.2, 0.25) is 0 Å². The quantitative estimate of drug-likeness (QED) is 0.517. The lowest BCUT2D eigenvalue weighted by atomic mass is 10.0. The summed E-state index contributed by atoms with van der Waals surface area (Å²) in [6, 6.07) is 14.1. The molecule has 3 aromatic heterocycles. The van der Waals surface area contributed by atoms with Crippen LogP contribution in [0.3, 0.4) is 0 Å². The van der Waals surface area contributed by atoms with E-state index in [-0.39, 0.29) is 11.9 Å². The van der Waals surface area contributed by atoms with Gasteiger partial charge in [-0.25, -0.2) is 19.3 Å². The van der Waals surface area contributed by atoms with Gasteiger partial charge in [0.05, 0.1) is 29.1 Å². The predicted octanol–water partition coefficient (Wildman–Crippen LogP) is 3.75. The van der Waals surface area contributed by atoms with Crippen molar-refractivity contribution >= 4 is 17.2 Å². The van der Waals surface area contributed by atoms with Gasteiger partial charge in [0, 0.05) is 31.5 Å². The zero-order valence-electron chi connectivity index (χ0n) is 17.6. The lowest BCUT2D eigenvalue weighted by Crippen LogP contribution is -2.42. The van der Waals surface area contributed by atoms with Crippen LogP contribution in [0.25, 0.3) is 17.2 Å². The largest absolute Gasteiger partial charge is 0.367 e. The Hall–Kier alpha value is -4.50. The van der Waals surface area contributed by atoms with Crippen LogP contribution >= 0.6 is 0 Å². The number of nitrogens with zero attached hydrogens (tertiary/aromatic N) is 7. The van der Waals surface area contributed by atoms with Crippen LogP contribution in [0.2, 0.25) is 0 Å².